The monoisotopic (exact) mass is 472 g/mol. The van der Waals surface area contributed by atoms with Crippen molar-refractivity contribution >= 4 is 51.1 Å². The first-order chi connectivity index (χ1) is 13.3. The van der Waals surface area contributed by atoms with Crippen LogP contribution in [-0.4, -0.2) is 47.7 Å². The van der Waals surface area contributed by atoms with E-state index in [1.165, 1.54) is 4.90 Å². The first-order valence-corrected chi connectivity index (χ1v) is 10.1. The van der Waals surface area contributed by atoms with Gasteiger partial charge in [0.05, 0.1) is 16.5 Å². The molecule has 2 rings (SSSR count). The lowest BCUT2D eigenvalue weighted by atomic mass is 9.78. The molecule has 0 bridgehead atoms. The number of nitrogens with zero attached hydrogens (tertiary/aromatic N) is 1. The number of amides is 1. The Bertz CT molecular complexity index is 793. The van der Waals surface area contributed by atoms with Crippen LogP contribution in [0.1, 0.15) is 19.8 Å². The highest BCUT2D eigenvalue weighted by molar-refractivity contribution is 9.10. The van der Waals surface area contributed by atoms with Crippen molar-refractivity contribution in [2.24, 2.45) is 11.8 Å². The van der Waals surface area contributed by atoms with Gasteiger partial charge in [-0.15, -0.1) is 0 Å². The van der Waals surface area contributed by atoms with E-state index in [1.54, 1.807) is 25.1 Å². The molecule has 0 saturated carbocycles. The van der Waals surface area contributed by atoms with Crippen molar-refractivity contribution in [2.45, 2.75) is 19.8 Å². The topological polar surface area (TPSA) is 107 Å². The predicted octanol–water partition coefficient (Wildman–Crippen LogP) is 3.17. The molecule has 1 aliphatic rings. The number of carboxylic acids is 2. The molecule has 0 radical (unpaired) electrons. The molecule has 1 aromatic rings. The zero-order valence-electron chi connectivity index (χ0n) is 15.3. The number of aliphatic carboxylic acids is 2. The second-order valence-electron chi connectivity index (χ2n) is 6.49. The summed E-state index contributed by atoms with van der Waals surface area (Å²) >= 11 is 9.46. The summed E-state index contributed by atoms with van der Waals surface area (Å²) in [6, 6.07) is 5.03. The SMILES string of the molecule is CCN(C(=O)C(/C(=C\C(=O)O)C(=O)O)C1CCNCC1)c1ccc(Br)c(Cl)c1. The van der Waals surface area contributed by atoms with Gasteiger partial charge >= 0.3 is 11.9 Å². The van der Waals surface area contributed by atoms with Gasteiger partial charge in [0.2, 0.25) is 5.91 Å². The van der Waals surface area contributed by atoms with E-state index in [2.05, 4.69) is 21.2 Å². The van der Waals surface area contributed by atoms with E-state index in [9.17, 15) is 19.5 Å². The number of halogens is 2. The quantitative estimate of drug-likeness (QED) is 0.525. The lowest BCUT2D eigenvalue weighted by Gasteiger charge is -2.34. The van der Waals surface area contributed by atoms with Crippen molar-refractivity contribution in [3.8, 4) is 0 Å². The fraction of sp³-hybridized carbons (Fsp3) is 0.421. The van der Waals surface area contributed by atoms with E-state index in [0.717, 1.165) is 0 Å². The highest BCUT2D eigenvalue weighted by atomic mass is 79.9. The van der Waals surface area contributed by atoms with Gasteiger partial charge in [-0.25, -0.2) is 9.59 Å². The molecule has 1 saturated heterocycles. The molecule has 1 amide bonds. The standard InChI is InChI=1S/C19H22BrClN2O5/c1-2-23(12-3-4-14(20)15(21)9-12)18(26)17(11-5-7-22-8-6-11)13(19(27)28)10-16(24)25/h3-4,9-11,17,22H,2,5-8H2,1H3,(H,24,25)(H,27,28)/b13-10+. The average molecular weight is 474 g/mol. The first kappa shape index (κ1) is 22.4. The molecule has 9 heteroatoms. The number of carbonyl (C=O) groups is 3. The first-order valence-electron chi connectivity index (χ1n) is 8.91. The van der Waals surface area contributed by atoms with Gasteiger partial charge in [0, 0.05) is 22.8 Å². The molecule has 28 heavy (non-hydrogen) atoms. The molecule has 1 atom stereocenters. The third-order valence-electron chi connectivity index (χ3n) is 4.78. The maximum Gasteiger partial charge on any atom is 0.332 e. The van der Waals surface area contributed by atoms with Crippen molar-refractivity contribution in [2.75, 3.05) is 24.5 Å². The number of benzene rings is 1. The molecule has 3 N–H and O–H groups in total. The summed E-state index contributed by atoms with van der Waals surface area (Å²) in [5.41, 5.74) is 0.130. The number of piperidine rings is 1. The molecule has 1 aliphatic heterocycles. The third-order valence-corrected chi connectivity index (χ3v) is 6.01. The maximum absolute atomic E-state index is 13.5. The summed E-state index contributed by atoms with van der Waals surface area (Å²) in [6.45, 7) is 3.35. The van der Waals surface area contributed by atoms with E-state index in [-0.39, 0.29) is 12.5 Å². The van der Waals surface area contributed by atoms with Crippen molar-refractivity contribution in [1.29, 1.82) is 0 Å². The molecule has 1 aromatic carbocycles. The molecule has 0 aliphatic carbocycles. The number of rotatable bonds is 7. The Morgan fingerprint density at radius 2 is 1.96 bits per heavy atom. The Balaban J connectivity index is 2.50. The van der Waals surface area contributed by atoms with Crippen LogP contribution in [0, 0.1) is 11.8 Å². The number of hydrogen-bond acceptors (Lipinski definition) is 4. The van der Waals surface area contributed by atoms with Crippen molar-refractivity contribution in [3.05, 3.63) is 39.3 Å². The summed E-state index contributed by atoms with van der Waals surface area (Å²) in [7, 11) is 0. The fourth-order valence-corrected chi connectivity index (χ4v) is 3.89. The summed E-state index contributed by atoms with van der Waals surface area (Å²) in [5.74, 6) is -4.56. The molecular formula is C19H22BrClN2O5. The van der Waals surface area contributed by atoms with Gasteiger partial charge in [0.15, 0.2) is 0 Å². The summed E-state index contributed by atoms with van der Waals surface area (Å²) < 4.78 is 0.674. The van der Waals surface area contributed by atoms with Gasteiger partial charge < -0.3 is 20.4 Å². The highest BCUT2D eigenvalue weighted by Crippen LogP contribution is 2.33. The van der Waals surface area contributed by atoms with E-state index < -0.39 is 29.3 Å². The Kier molecular flexibility index (Phi) is 8.03. The van der Waals surface area contributed by atoms with Gasteiger partial charge in [-0.2, -0.15) is 0 Å². The van der Waals surface area contributed by atoms with Crippen molar-refractivity contribution in [3.63, 3.8) is 0 Å². The zero-order chi connectivity index (χ0) is 20.8. The number of nitrogens with one attached hydrogen (secondary N) is 1. The Hall–Kier alpha value is -1.90. The van der Waals surface area contributed by atoms with Gasteiger partial charge in [0.25, 0.3) is 0 Å². The average Bonchev–Trinajstić information content (AvgIpc) is 2.65. The summed E-state index contributed by atoms with van der Waals surface area (Å²) in [4.78, 5) is 37.9. The molecule has 1 unspecified atom stereocenters. The molecular weight excluding hydrogens is 452 g/mol. The molecule has 1 heterocycles. The van der Waals surface area contributed by atoms with Crippen LogP contribution in [-0.2, 0) is 14.4 Å². The molecule has 7 nitrogen and oxygen atoms in total. The second kappa shape index (κ2) is 10.0. The molecule has 152 valence electrons. The fourth-order valence-electron chi connectivity index (χ4n) is 3.47. The lowest BCUT2D eigenvalue weighted by Crippen LogP contribution is -2.44. The summed E-state index contributed by atoms with van der Waals surface area (Å²) in [5, 5.41) is 22.4. The minimum Gasteiger partial charge on any atom is -0.478 e. The molecule has 0 spiro atoms. The number of anilines is 1. The lowest BCUT2D eigenvalue weighted by molar-refractivity contribution is -0.137. The van der Waals surface area contributed by atoms with Crippen LogP contribution in [0.4, 0.5) is 5.69 Å². The maximum atomic E-state index is 13.5. The predicted molar refractivity (Wildman–Crippen MR) is 110 cm³/mol. The van der Waals surface area contributed by atoms with Gasteiger partial charge in [-0.1, -0.05) is 11.6 Å². The number of carboxylic acid groups (broad SMARTS) is 2. The van der Waals surface area contributed by atoms with Crippen LogP contribution in [0.25, 0.3) is 0 Å². The molecule has 1 fully saturated rings. The van der Waals surface area contributed by atoms with Crippen LogP contribution in [0.2, 0.25) is 5.02 Å². The number of hydrogen-bond donors (Lipinski definition) is 3. The minimum atomic E-state index is -1.40. The van der Waals surface area contributed by atoms with Gasteiger partial charge in [0.1, 0.15) is 0 Å². The van der Waals surface area contributed by atoms with E-state index >= 15 is 0 Å². The van der Waals surface area contributed by atoms with Crippen LogP contribution in [0.3, 0.4) is 0 Å². The third kappa shape index (κ3) is 5.33. The Morgan fingerprint density at radius 1 is 1.32 bits per heavy atom. The van der Waals surface area contributed by atoms with Crippen LogP contribution in [0.15, 0.2) is 34.3 Å². The van der Waals surface area contributed by atoms with Crippen LogP contribution >= 0.6 is 27.5 Å². The van der Waals surface area contributed by atoms with E-state index in [4.69, 9.17) is 16.7 Å². The normalized spacial score (nSPS) is 16.5. The van der Waals surface area contributed by atoms with E-state index in [1.807, 2.05) is 0 Å². The largest absolute Gasteiger partial charge is 0.478 e. The summed E-state index contributed by atoms with van der Waals surface area (Å²) in [6.07, 6.45) is 1.80. The molecule has 0 aromatic heterocycles. The van der Waals surface area contributed by atoms with Crippen molar-refractivity contribution in [1.82, 2.24) is 5.32 Å². The second-order valence-corrected chi connectivity index (χ2v) is 7.75. The van der Waals surface area contributed by atoms with Crippen LogP contribution in [0.5, 0.6) is 0 Å². The van der Waals surface area contributed by atoms with E-state index in [0.29, 0.717) is 47.2 Å². The Labute approximate surface area is 176 Å². The zero-order valence-corrected chi connectivity index (χ0v) is 17.7. The van der Waals surface area contributed by atoms with Crippen molar-refractivity contribution < 1.29 is 24.6 Å². The smallest absolute Gasteiger partial charge is 0.332 e. The van der Waals surface area contributed by atoms with Crippen LogP contribution < -0.4 is 10.2 Å². The van der Waals surface area contributed by atoms with Gasteiger partial charge in [-0.05, 0) is 72.9 Å². The number of carbonyl (C=O) groups excluding carboxylic acids is 1. The van der Waals surface area contributed by atoms with Gasteiger partial charge in [-0.3, -0.25) is 4.79 Å². The highest BCUT2D eigenvalue weighted by Gasteiger charge is 2.38. The Morgan fingerprint density at radius 3 is 2.46 bits per heavy atom. The minimum absolute atomic E-state index is 0.268.